The predicted octanol–water partition coefficient (Wildman–Crippen LogP) is 1.54. The Bertz CT molecular complexity index is 183. The molecule has 0 aromatic carbocycles. The summed E-state index contributed by atoms with van der Waals surface area (Å²) in [6, 6.07) is 0.843. The summed E-state index contributed by atoms with van der Waals surface area (Å²) in [5.74, 6) is 0. The smallest absolute Gasteiger partial charge is 0.335 e. The molecule has 0 rings (SSSR count). The van der Waals surface area contributed by atoms with E-state index in [9.17, 15) is 0 Å². The molecule has 0 radical (unpaired) electrons. The Balaban J connectivity index is 4.31. The van der Waals surface area contributed by atoms with Gasteiger partial charge < -0.3 is 20.3 Å². The van der Waals surface area contributed by atoms with Crippen molar-refractivity contribution in [3.8, 4) is 0 Å². The molecule has 0 bridgehead atoms. The highest BCUT2D eigenvalue weighted by Gasteiger charge is 2.35. The fourth-order valence-corrected chi connectivity index (χ4v) is 4.60. The zero-order valence-corrected chi connectivity index (χ0v) is 11.7. The number of rotatable bonds is 6. The van der Waals surface area contributed by atoms with Crippen LogP contribution < -0.4 is 11.5 Å². The molecule has 0 heterocycles. The zero-order chi connectivity index (χ0) is 12.1. The van der Waals surface area contributed by atoms with Crippen molar-refractivity contribution in [2.75, 3.05) is 6.61 Å². The molecule has 0 fully saturated rings. The van der Waals surface area contributed by atoms with Gasteiger partial charge >= 0.3 is 8.56 Å². The minimum Gasteiger partial charge on any atom is -0.395 e. The monoisotopic (exact) mass is 234 g/mol. The van der Waals surface area contributed by atoms with E-state index in [0.717, 1.165) is 12.5 Å². The van der Waals surface area contributed by atoms with Crippen LogP contribution >= 0.6 is 0 Å². The van der Waals surface area contributed by atoms with E-state index in [4.69, 9.17) is 20.3 Å². The Labute approximate surface area is 94.6 Å². The van der Waals surface area contributed by atoms with Gasteiger partial charge in [-0.2, -0.15) is 0 Å². The minimum atomic E-state index is -2.11. The fourth-order valence-electron chi connectivity index (χ4n) is 1.53. The molecule has 0 spiro atoms. The van der Waals surface area contributed by atoms with Crippen LogP contribution in [-0.4, -0.2) is 26.9 Å². The average molecular weight is 234 g/mol. The molecule has 0 aromatic heterocycles. The molecule has 0 amide bonds. The second-order valence-electron chi connectivity index (χ2n) is 4.98. The molecular weight excluding hydrogens is 208 g/mol. The average Bonchev–Trinajstić information content (AvgIpc) is 1.98. The van der Waals surface area contributed by atoms with Crippen molar-refractivity contribution in [1.29, 1.82) is 0 Å². The van der Waals surface area contributed by atoms with Crippen molar-refractivity contribution in [2.24, 2.45) is 11.5 Å². The maximum Gasteiger partial charge on any atom is 0.335 e. The lowest BCUT2D eigenvalue weighted by Gasteiger charge is -2.34. The van der Waals surface area contributed by atoms with Gasteiger partial charge in [0, 0.05) is 6.61 Å². The van der Waals surface area contributed by atoms with Gasteiger partial charge in [0.1, 0.15) is 0 Å². The van der Waals surface area contributed by atoms with Gasteiger partial charge in [-0.05, 0) is 46.7 Å². The third-order valence-corrected chi connectivity index (χ3v) is 5.04. The highest BCUT2D eigenvalue weighted by Crippen LogP contribution is 2.23. The number of hydrogen-bond acceptors (Lipinski definition) is 4. The predicted molar refractivity (Wildman–Crippen MR) is 65.7 cm³/mol. The SMILES string of the molecule is CCO[Si](C)(CCC(N)N)OC(C)(C)C. The third-order valence-electron chi connectivity index (χ3n) is 1.90. The topological polar surface area (TPSA) is 70.5 Å². The summed E-state index contributed by atoms with van der Waals surface area (Å²) in [7, 11) is -2.11. The molecule has 0 aliphatic rings. The van der Waals surface area contributed by atoms with Crippen LogP contribution in [0.5, 0.6) is 0 Å². The Kier molecular flexibility index (Phi) is 5.98. The Hall–Kier alpha value is 0.0569. The molecule has 4 N–H and O–H groups in total. The van der Waals surface area contributed by atoms with Crippen LogP contribution in [0.2, 0.25) is 12.6 Å². The lowest BCUT2D eigenvalue weighted by Crippen LogP contribution is -2.46. The third kappa shape index (κ3) is 7.93. The van der Waals surface area contributed by atoms with Crippen molar-refractivity contribution >= 4 is 8.56 Å². The standard InChI is InChI=1S/C10H26N2O2Si/c1-6-13-15(5,8-7-9(11)12)14-10(2,3)4/h9H,6-8,11-12H2,1-5H3. The molecule has 0 saturated carbocycles. The van der Waals surface area contributed by atoms with Crippen LogP contribution in [0.1, 0.15) is 34.1 Å². The van der Waals surface area contributed by atoms with E-state index < -0.39 is 8.56 Å². The van der Waals surface area contributed by atoms with Crippen molar-refractivity contribution in [2.45, 2.75) is 58.5 Å². The van der Waals surface area contributed by atoms with E-state index >= 15 is 0 Å². The van der Waals surface area contributed by atoms with Crippen molar-refractivity contribution in [1.82, 2.24) is 0 Å². The van der Waals surface area contributed by atoms with Crippen LogP contribution in [0, 0.1) is 0 Å². The minimum absolute atomic E-state index is 0.172. The molecule has 1 unspecified atom stereocenters. The first kappa shape index (κ1) is 15.1. The van der Waals surface area contributed by atoms with Crippen LogP contribution in [0.15, 0.2) is 0 Å². The first-order chi connectivity index (χ1) is 6.68. The van der Waals surface area contributed by atoms with Crippen LogP contribution in [0.3, 0.4) is 0 Å². The molecule has 15 heavy (non-hydrogen) atoms. The quantitative estimate of drug-likeness (QED) is 0.540. The van der Waals surface area contributed by atoms with E-state index in [0.29, 0.717) is 6.61 Å². The van der Waals surface area contributed by atoms with E-state index in [-0.39, 0.29) is 11.8 Å². The summed E-state index contributed by atoms with van der Waals surface area (Å²) in [6.45, 7) is 10.9. The first-order valence-corrected chi connectivity index (χ1v) is 8.06. The zero-order valence-electron chi connectivity index (χ0n) is 10.7. The van der Waals surface area contributed by atoms with Crippen LogP contribution in [-0.2, 0) is 8.85 Å². The highest BCUT2D eigenvalue weighted by atomic mass is 28.4. The van der Waals surface area contributed by atoms with Gasteiger partial charge in [0.15, 0.2) is 0 Å². The van der Waals surface area contributed by atoms with Gasteiger partial charge in [-0.15, -0.1) is 0 Å². The van der Waals surface area contributed by atoms with Gasteiger partial charge in [0.25, 0.3) is 0 Å². The summed E-state index contributed by atoms with van der Waals surface area (Å²) in [5, 5.41) is 0. The van der Waals surface area contributed by atoms with Crippen molar-refractivity contribution in [3.63, 3.8) is 0 Å². The van der Waals surface area contributed by atoms with Gasteiger partial charge in [0.05, 0.1) is 11.8 Å². The summed E-state index contributed by atoms with van der Waals surface area (Å²) >= 11 is 0. The van der Waals surface area contributed by atoms with Crippen molar-refractivity contribution in [3.05, 3.63) is 0 Å². The van der Waals surface area contributed by atoms with Gasteiger partial charge in [-0.1, -0.05) is 0 Å². The summed E-state index contributed by atoms with van der Waals surface area (Å²) < 4.78 is 11.8. The molecule has 92 valence electrons. The Morgan fingerprint density at radius 1 is 1.27 bits per heavy atom. The van der Waals surface area contributed by atoms with Crippen LogP contribution in [0.4, 0.5) is 0 Å². The first-order valence-electron chi connectivity index (χ1n) is 5.54. The summed E-state index contributed by atoms with van der Waals surface area (Å²) in [4.78, 5) is 0. The maximum absolute atomic E-state index is 6.02. The fraction of sp³-hybridized carbons (Fsp3) is 1.00. The lowest BCUT2D eigenvalue weighted by molar-refractivity contribution is 0.0675. The molecule has 0 aliphatic heterocycles. The summed E-state index contributed by atoms with van der Waals surface area (Å²) in [6.07, 6.45) is 0.472. The molecular formula is C10H26N2O2Si. The molecule has 5 heteroatoms. The molecule has 1 atom stereocenters. The Morgan fingerprint density at radius 2 is 1.80 bits per heavy atom. The molecule has 0 aliphatic carbocycles. The van der Waals surface area contributed by atoms with E-state index in [1.165, 1.54) is 0 Å². The highest BCUT2D eigenvalue weighted by molar-refractivity contribution is 6.66. The maximum atomic E-state index is 6.02. The Morgan fingerprint density at radius 3 is 2.13 bits per heavy atom. The van der Waals surface area contributed by atoms with E-state index in [2.05, 4.69) is 6.55 Å². The van der Waals surface area contributed by atoms with E-state index in [1.807, 2.05) is 27.7 Å². The van der Waals surface area contributed by atoms with Crippen molar-refractivity contribution < 1.29 is 8.85 Å². The number of nitrogens with two attached hydrogens (primary N) is 2. The summed E-state index contributed by atoms with van der Waals surface area (Å²) in [5.41, 5.74) is 10.9. The molecule has 0 saturated heterocycles. The lowest BCUT2D eigenvalue weighted by atomic mass is 10.2. The molecule has 0 aromatic rings. The second kappa shape index (κ2) is 5.96. The molecule has 4 nitrogen and oxygen atoms in total. The van der Waals surface area contributed by atoms with Gasteiger partial charge in [-0.3, -0.25) is 0 Å². The normalized spacial score (nSPS) is 16.8. The van der Waals surface area contributed by atoms with Crippen LogP contribution in [0.25, 0.3) is 0 Å². The van der Waals surface area contributed by atoms with Gasteiger partial charge in [-0.25, -0.2) is 0 Å². The second-order valence-corrected chi connectivity index (χ2v) is 8.24. The number of hydrogen-bond donors (Lipinski definition) is 2. The largest absolute Gasteiger partial charge is 0.395 e. The van der Waals surface area contributed by atoms with Gasteiger partial charge in [0.2, 0.25) is 0 Å². The van der Waals surface area contributed by atoms with E-state index in [1.54, 1.807) is 0 Å².